The predicted molar refractivity (Wildman–Crippen MR) is 67.1 cm³/mol. The average molecular weight is 243 g/mol. The maximum atomic E-state index is 11.5. The molecule has 4 nitrogen and oxygen atoms in total. The Balaban J connectivity index is 2.64. The predicted octanol–water partition coefficient (Wildman–Crippen LogP) is 1.99. The fraction of sp³-hybridized carbons (Fsp3) is 0.923. The van der Waals surface area contributed by atoms with Crippen molar-refractivity contribution in [3.05, 3.63) is 0 Å². The normalized spacial score (nSPS) is 27.9. The van der Waals surface area contributed by atoms with E-state index in [1.165, 1.54) is 0 Å². The number of likely N-dealkylation sites (tertiary alicyclic amines) is 1. The van der Waals surface area contributed by atoms with Crippen molar-refractivity contribution in [2.24, 2.45) is 5.41 Å². The Morgan fingerprint density at radius 3 is 2.82 bits per heavy atom. The van der Waals surface area contributed by atoms with Crippen LogP contribution in [0.1, 0.15) is 39.5 Å². The number of rotatable bonds is 6. The van der Waals surface area contributed by atoms with Gasteiger partial charge in [0.1, 0.15) is 0 Å². The first kappa shape index (κ1) is 14.5. The molecule has 1 saturated heterocycles. The fourth-order valence-electron chi connectivity index (χ4n) is 2.79. The van der Waals surface area contributed by atoms with Crippen molar-refractivity contribution in [2.75, 3.05) is 26.7 Å². The summed E-state index contributed by atoms with van der Waals surface area (Å²) in [4.78, 5) is 13.7. The first-order chi connectivity index (χ1) is 8.04. The molecule has 4 heteroatoms. The highest BCUT2D eigenvalue weighted by molar-refractivity contribution is 5.75. The van der Waals surface area contributed by atoms with E-state index in [9.17, 15) is 9.90 Å². The number of carboxylic acids is 1. The lowest BCUT2D eigenvalue weighted by atomic mass is 9.76. The smallest absolute Gasteiger partial charge is 0.310 e. The van der Waals surface area contributed by atoms with Gasteiger partial charge in [0.25, 0.3) is 0 Å². The molecule has 0 aromatic carbocycles. The number of ether oxygens (including phenoxy) is 1. The van der Waals surface area contributed by atoms with E-state index in [2.05, 4.69) is 11.8 Å². The molecule has 0 saturated carbocycles. The van der Waals surface area contributed by atoms with Crippen LogP contribution in [0.2, 0.25) is 0 Å². The lowest BCUT2D eigenvalue weighted by molar-refractivity contribution is -0.153. The highest BCUT2D eigenvalue weighted by Gasteiger charge is 2.41. The fourth-order valence-corrected chi connectivity index (χ4v) is 2.79. The second kappa shape index (κ2) is 6.36. The summed E-state index contributed by atoms with van der Waals surface area (Å²) in [6.45, 7) is 6.57. The Kier molecular flexibility index (Phi) is 5.40. The molecule has 17 heavy (non-hydrogen) atoms. The van der Waals surface area contributed by atoms with Gasteiger partial charge in [0, 0.05) is 20.2 Å². The summed E-state index contributed by atoms with van der Waals surface area (Å²) in [5.41, 5.74) is -0.527. The lowest BCUT2D eigenvalue weighted by Crippen LogP contribution is -2.49. The molecule has 0 aliphatic carbocycles. The van der Waals surface area contributed by atoms with Gasteiger partial charge >= 0.3 is 5.97 Å². The Morgan fingerprint density at radius 2 is 2.29 bits per heavy atom. The molecule has 1 fully saturated rings. The van der Waals surface area contributed by atoms with E-state index in [1.54, 1.807) is 7.11 Å². The van der Waals surface area contributed by atoms with Crippen molar-refractivity contribution in [2.45, 2.75) is 45.6 Å². The van der Waals surface area contributed by atoms with Gasteiger partial charge in [-0.2, -0.15) is 0 Å². The molecule has 0 spiro atoms. The SMILES string of the molecule is CCCC1(C(=O)O)CCCN(CC(C)OC)C1. The van der Waals surface area contributed by atoms with Crippen LogP contribution in [-0.4, -0.2) is 48.8 Å². The minimum absolute atomic E-state index is 0.168. The van der Waals surface area contributed by atoms with Crippen molar-refractivity contribution < 1.29 is 14.6 Å². The van der Waals surface area contributed by atoms with Crippen LogP contribution in [0.3, 0.4) is 0 Å². The van der Waals surface area contributed by atoms with E-state index < -0.39 is 11.4 Å². The number of aliphatic carboxylic acids is 1. The number of hydrogen-bond donors (Lipinski definition) is 1. The molecular weight excluding hydrogens is 218 g/mol. The number of nitrogens with zero attached hydrogens (tertiary/aromatic N) is 1. The molecule has 1 N–H and O–H groups in total. The molecular formula is C13H25NO3. The van der Waals surface area contributed by atoms with Gasteiger partial charge in [-0.25, -0.2) is 0 Å². The second-order valence-corrected chi connectivity index (χ2v) is 5.22. The zero-order valence-electron chi connectivity index (χ0n) is 11.2. The summed E-state index contributed by atoms with van der Waals surface area (Å²) >= 11 is 0. The van der Waals surface area contributed by atoms with Crippen molar-refractivity contribution in [1.29, 1.82) is 0 Å². The molecule has 0 aromatic heterocycles. The monoisotopic (exact) mass is 243 g/mol. The van der Waals surface area contributed by atoms with Crippen LogP contribution >= 0.6 is 0 Å². The Hall–Kier alpha value is -0.610. The molecule has 1 aliphatic heterocycles. The van der Waals surface area contributed by atoms with Gasteiger partial charge in [-0.3, -0.25) is 9.69 Å². The number of methoxy groups -OCH3 is 1. The van der Waals surface area contributed by atoms with E-state index in [4.69, 9.17) is 4.74 Å². The van der Waals surface area contributed by atoms with Crippen LogP contribution in [0.25, 0.3) is 0 Å². The van der Waals surface area contributed by atoms with E-state index in [1.807, 2.05) is 6.92 Å². The Bertz CT molecular complexity index is 253. The quantitative estimate of drug-likeness (QED) is 0.775. The standard InChI is InChI=1S/C13H25NO3/c1-4-6-13(12(15)16)7-5-8-14(10-13)9-11(2)17-3/h11H,4-10H2,1-3H3,(H,15,16). The summed E-state index contributed by atoms with van der Waals surface area (Å²) in [5.74, 6) is -0.630. The maximum Gasteiger partial charge on any atom is 0.310 e. The summed E-state index contributed by atoms with van der Waals surface area (Å²) in [6.07, 6.45) is 3.66. The molecule has 2 atom stereocenters. The average Bonchev–Trinajstić information content (AvgIpc) is 2.29. The minimum Gasteiger partial charge on any atom is -0.481 e. The topological polar surface area (TPSA) is 49.8 Å². The molecule has 0 radical (unpaired) electrons. The zero-order chi connectivity index (χ0) is 12.9. The molecule has 1 rings (SSSR count). The van der Waals surface area contributed by atoms with Crippen LogP contribution < -0.4 is 0 Å². The first-order valence-corrected chi connectivity index (χ1v) is 6.52. The van der Waals surface area contributed by atoms with Crippen LogP contribution in [0.4, 0.5) is 0 Å². The van der Waals surface area contributed by atoms with Crippen molar-refractivity contribution in [3.63, 3.8) is 0 Å². The van der Waals surface area contributed by atoms with Gasteiger partial charge in [-0.1, -0.05) is 13.3 Å². The molecule has 2 unspecified atom stereocenters. The summed E-state index contributed by atoms with van der Waals surface area (Å²) < 4.78 is 5.25. The number of carbonyl (C=O) groups is 1. The summed E-state index contributed by atoms with van der Waals surface area (Å²) in [7, 11) is 1.70. The molecule has 1 heterocycles. The Labute approximate surface area is 104 Å². The van der Waals surface area contributed by atoms with E-state index in [0.717, 1.165) is 38.8 Å². The number of carboxylic acid groups (broad SMARTS) is 1. The molecule has 0 aromatic rings. The molecule has 0 amide bonds. The van der Waals surface area contributed by atoms with E-state index in [-0.39, 0.29) is 6.10 Å². The summed E-state index contributed by atoms with van der Waals surface area (Å²) in [5, 5.41) is 9.47. The number of hydrogen-bond acceptors (Lipinski definition) is 3. The maximum absolute atomic E-state index is 11.5. The van der Waals surface area contributed by atoms with Crippen LogP contribution in [-0.2, 0) is 9.53 Å². The van der Waals surface area contributed by atoms with Crippen molar-refractivity contribution >= 4 is 5.97 Å². The van der Waals surface area contributed by atoms with Crippen LogP contribution in [0, 0.1) is 5.41 Å². The summed E-state index contributed by atoms with van der Waals surface area (Å²) in [6, 6.07) is 0. The van der Waals surface area contributed by atoms with Gasteiger partial charge in [0.2, 0.25) is 0 Å². The second-order valence-electron chi connectivity index (χ2n) is 5.22. The van der Waals surface area contributed by atoms with Gasteiger partial charge in [0.15, 0.2) is 0 Å². The largest absolute Gasteiger partial charge is 0.481 e. The van der Waals surface area contributed by atoms with Crippen molar-refractivity contribution in [1.82, 2.24) is 4.90 Å². The van der Waals surface area contributed by atoms with Crippen molar-refractivity contribution in [3.8, 4) is 0 Å². The third kappa shape index (κ3) is 3.68. The van der Waals surface area contributed by atoms with E-state index >= 15 is 0 Å². The molecule has 100 valence electrons. The van der Waals surface area contributed by atoms with Gasteiger partial charge < -0.3 is 9.84 Å². The highest BCUT2D eigenvalue weighted by atomic mass is 16.5. The van der Waals surface area contributed by atoms with Crippen LogP contribution in [0.15, 0.2) is 0 Å². The first-order valence-electron chi connectivity index (χ1n) is 6.52. The van der Waals surface area contributed by atoms with Gasteiger partial charge in [0.05, 0.1) is 11.5 Å². The van der Waals surface area contributed by atoms with Gasteiger partial charge in [-0.15, -0.1) is 0 Å². The molecule has 0 bridgehead atoms. The Morgan fingerprint density at radius 1 is 1.59 bits per heavy atom. The zero-order valence-corrected chi connectivity index (χ0v) is 11.2. The van der Waals surface area contributed by atoms with E-state index in [0.29, 0.717) is 6.54 Å². The third-order valence-electron chi connectivity index (χ3n) is 3.76. The lowest BCUT2D eigenvalue weighted by Gasteiger charge is -2.40. The third-order valence-corrected chi connectivity index (χ3v) is 3.76. The number of piperidine rings is 1. The highest BCUT2D eigenvalue weighted by Crippen LogP contribution is 2.35. The molecule has 1 aliphatic rings. The van der Waals surface area contributed by atoms with Crippen LogP contribution in [0.5, 0.6) is 0 Å². The minimum atomic E-state index is -0.630. The van der Waals surface area contributed by atoms with Gasteiger partial charge in [-0.05, 0) is 32.7 Å².